The summed E-state index contributed by atoms with van der Waals surface area (Å²) in [5, 5.41) is 8.86. The molecule has 0 bridgehead atoms. The Morgan fingerprint density at radius 3 is 2.60 bits per heavy atom. The highest BCUT2D eigenvalue weighted by atomic mass is 32.2. The molecular formula is C19H19NO4S. The van der Waals surface area contributed by atoms with Crippen LogP contribution < -0.4 is 4.72 Å². The van der Waals surface area contributed by atoms with Crippen molar-refractivity contribution in [2.24, 2.45) is 0 Å². The third-order valence-corrected chi connectivity index (χ3v) is 5.85. The summed E-state index contributed by atoms with van der Waals surface area (Å²) < 4.78 is 27.8. The van der Waals surface area contributed by atoms with Crippen molar-refractivity contribution >= 4 is 21.6 Å². The van der Waals surface area contributed by atoms with Gasteiger partial charge in [0, 0.05) is 12.1 Å². The van der Waals surface area contributed by atoms with Crippen LogP contribution in [0.25, 0.3) is 5.57 Å². The molecule has 1 atom stereocenters. The summed E-state index contributed by atoms with van der Waals surface area (Å²) >= 11 is 0. The molecule has 0 aromatic heterocycles. The second kappa shape index (κ2) is 6.82. The van der Waals surface area contributed by atoms with E-state index < -0.39 is 16.0 Å². The van der Waals surface area contributed by atoms with E-state index in [-0.39, 0.29) is 10.9 Å². The molecule has 6 heteroatoms. The molecule has 2 aromatic carbocycles. The zero-order valence-corrected chi connectivity index (χ0v) is 14.6. The zero-order valence-electron chi connectivity index (χ0n) is 13.8. The zero-order chi connectivity index (χ0) is 18.0. The maximum Gasteiger partial charge on any atom is 0.328 e. The Labute approximate surface area is 147 Å². The van der Waals surface area contributed by atoms with Crippen molar-refractivity contribution in [1.82, 2.24) is 4.72 Å². The Morgan fingerprint density at radius 1 is 1.20 bits per heavy atom. The average Bonchev–Trinajstić information content (AvgIpc) is 2.96. The fourth-order valence-electron chi connectivity index (χ4n) is 3.11. The standard InChI is InChI=1S/C19H19NO4S/c1-13(11-19(21)22)14-7-9-17-15(12-14)8-10-18(17)20-25(23,24)16-5-3-2-4-6-16/h2-7,9,11-12,18,20H,8,10H2,1H3,(H,21,22). The first-order valence-electron chi connectivity index (χ1n) is 7.98. The number of sulfonamides is 1. The van der Waals surface area contributed by atoms with Gasteiger partial charge in [0.1, 0.15) is 0 Å². The van der Waals surface area contributed by atoms with Gasteiger partial charge in [0.25, 0.3) is 0 Å². The minimum Gasteiger partial charge on any atom is -0.478 e. The van der Waals surface area contributed by atoms with Gasteiger partial charge in [-0.25, -0.2) is 17.9 Å². The average molecular weight is 357 g/mol. The van der Waals surface area contributed by atoms with Crippen LogP contribution in [0.15, 0.2) is 59.5 Å². The van der Waals surface area contributed by atoms with Crippen LogP contribution in [0, 0.1) is 0 Å². The van der Waals surface area contributed by atoms with Crippen LogP contribution in [0.1, 0.15) is 36.1 Å². The van der Waals surface area contributed by atoms with Gasteiger partial charge in [0.2, 0.25) is 10.0 Å². The summed E-state index contributed by atoms with van der Waals surface area (Å²) in [6, 6.07) is 13.7. The maximum absolute atomic E-state index is 12.5. The molecule has 3 rings (SSSR count). The summed E-state index contributed by atoms with van der Waals surface area (Å²) in [5.74, 6) is -0.980. The van der Waals surface area contributed by atoms with Gasteiger partial charge >= 0.3 is 5.97 Å². The van der Waals surface area contributed by atoms with Gasteiger partial charge in [-0.15, -0.1) is 0 Å². The number of fused-ring (bicyclic) bond motifs is 1. The van der Waals surface area contributed by atoms with E-state index in [1.165, 1.54) is 6.08 Å². The van der Waals surface area contributed by atoms with Crippen LogP contribution in [0.5, 0.6) is 0 Å². The minimum atomic E-state index is -3.57. The lowest BCUT2D eigenvalue weighted by Gasteiger charge is -2.15. The van der Waals surface area contributed by atoms with Crippen LogP contribution >= 0.6 is 0 Å². The van der Waals surface area contributed by atoms with E-state index in [0.717, 1.165) is 23.1 Å². The van der Waals surface area contributed by atoms with Crippen LogP contribution in [0.3, 0.4) is 0 Å². The molecule has 2 aromatic rings. The van der Waals surface area contributed by atoms with Crippen molar-refractivity contribution in [2.75, 3.05) is 0 Å². The Morgan fingerprint density at radius 2 is 1.92 bits per heavy atom. The second-order valence-corrected chi connectivity index (χ2v) is 7.82. The molecule has 1 aliphatic rings. The number of carboxylic acids is 1. The molecule has 0 aliphatic heterocycles. The highest BCUT2D eigenvalue weighted by Gasteiger charge is 2.27. The van der Waals surface area contributed by atoms with Crippen LogP contribution in [0.2, 0.25) is 0 Å². The van der Waals surface area contributed by atoms with Gasteiger partial charge in [-0.1, -0.05) is 36.4 Å². The van der Waals surface area contributed by atoms with E-state index in [2.05, 4.69) is 4.72 Å². The van der Waals surface area contributed by atoms with Gasteiger partial charge in [-0.2, -0.15) is 0 Å². The van der Waals surface area contributed by atoms with Crippen LogP contribution in [0.4, 0.5) is 0 Å². The Hall–Kier alpha value is -2.44. The van der Waals surface area contributed by atoms with E-state index >= 15 is 0 Å². The smallest absolute Gasteiger partial charge is 0.328 e. The topological polar surface area (TPSA) is 83.5 Å². The third-order valence-electron chi connectivity index (χ3n) is 4.37. The lowest BCUT2D eigenvalue weighted by molar-refractivity contribution is -0.131. The van der Waals surface area contributed by atoms with E-state index in [4.69, 9.17) is 5.11 Å². The van der Waals surface area contributed by atoms with Crippen molar-refractivity contribution < 1.29 is 18.3 Å². The highest BCUT2D eigenvalue weighted by molar-refractivity contribution is 7.89. The van der Waals surface area contributed by atoms with Crippen molar-refractivity contribution in [2.45, 2.75) is 30.7 Å². The Kier molecular flexibility index (Phi) is 4.74. The lowest BCUT2D eigenvalue weighted by Crippen LogP contribution is -2.27. The molecule has 2 N–H and O–H groups in total. The van der Waals surface area contributed by atoms with Crippen LogP contribution in [-0.2, 0) is 21.2 Å². The van der Waals surface area contributed by atoms with E-state index in [0.29, 0.717) is 12.0 Å². The number of aliphatic carboxylic acids is 1. The predicted molar refractivity (Wildman–Crippen MR) is 95.6 cm³/mol. The molecule has 5 nitrogen and oxygen atoms in total. The minimum absolute atomic E-state index is 0.250. The summed E-state index contributed by atoms with van der Waals surface area (Å²) in [7, 11) is -3.57. The van der Waals surface area contributed by atoms with Gasteiger partial charge in [0.15, 0.2) is 0 Å². The summed E-state index contributed by atoms with van der Waals surface area (Å²) in [5.41, 5.74) is 3.51. The molecular weight excluding hydrogens is 338 g/mol. The van der Waals surface area contributed by atoms with Gasteiger partial charge in [0.05, 0.1) is 4.90 Å². The number of carboxylic acid groups (broad SMARTS) is 1. The molecule has 0 saturated heterocycles. The summed E-state index contributed by atoms with van der Waals surface area (Å²) in [6.45, 7) is 1.75. The molecule has 0 saturated carbocycles. The first-order chi connectivity index (χ1) is 11.9. The van der Waals surface area contributed by atoms with E-state index in [1.54, 1.807) is 37.3 Å². The second-order valence-electron chi connectivity index (χ2n) is 6.10. The number of rotatable bonds is 5. The number of benzene rings is 2. The largest absolute Gasteiger partial charge is 0.478 e. The molecule has 0 heterocycles. The molecule has 1 aliphatic carbocycles. The first kappa shape index (κ1) is 17.4. The van der Waals surface area contributed by atoms with Crippen molar-refractivity contribution in [3.63, 3.8) is 0 Å². The normalized spacial score (nSPS) is 17.3. The quantitative estimate of drug-likeness (QED) is 0.805. The SMILES string of the molecule is CC(=CC(=O)O)c1ccc2c(c1)CCC2NS(=O)(=O)c1ccccc1. The van der Waals surface area contributed by atoms with Gasteiger partial charge in [-0.3, -0.25) is 0 Å². The summed E-state index contributed by atoms with van der Waals surface area (Å²) in [6.07, 6.45) is 2.62. The number of hydrogen-bond acceptors (Lipinski definition) is 3. The van der Waals surface area contributed by atoms with Gasteiger partial charge < -0.3 is 5.11 Å². The molecule has 0 spiro atoms. The van der Waals surface area contributed by atoms with E-state index in [9.17, 15) is 13.2 Å². The molecule has 25 heavy (non-hydrogen) atoms. The van der Waals surface area contributed by atoms with Crippen LogP contribution in [-0.4, -0.2) is 19.5 Å². The fourth-order valence-corrected chi connectivity index (χ4v) is 4.38. The maximum atomic E-state index is 12.5. The molecule has 130 valence electrons. The third kappa shape index (κ3) is 3.81. The predicted octanol–water partition coefficient (Wildman–Crippen LogP) is 3.14. The summed E-state index contributed by atoms with van der Waals surface area (Å²) in [4.78, 5) is 11.1. The van der Waals surface area contributed by atoms with Crippen molar-refractivity contribution in [3.05, 3.63) is 71.3 Å². The van der Waals surface area contributed by atoms with E-state index in [1.807, 2.05) is 18.2 Å². The number of aryl methyl sites for hydroxylation is 1. The molecule has 1 unspecified atom stereocenters. The fraction of sp³-hybridized carbons (Fsp3) is 0.211. The van der Waals surface area contributed by atoms with Gasteiger partial charge in [-0.05, 0) is 54.2 Å². The number of allylic oxidation sites excluding steroid dienone is 1. The lowest BCUT2D eigenvalue weighted by atomic mass is 10.0. The molecule has 0 radical (unpaired) electrons. The number of nitrogens with one attached hydrogen (secondary N) is 1. The number of carbonyl (C=O) groups is 1. The Balaban J connectivity index is 1.85. The molecule has 0 amide bonds. The molecule has 0 fully saturated rings. The van der Waals surface area contributed by atoms with Crippen molar-refractivity contribution in [3.8, 4) is 0 Å². The first-order valence-corrected chi connectivity index (χ1v) is 9.47. The van der Waals surface area contributed by atoms with Crippen molar-refractivity contribution in [1.29, 1.82) is 0 Å². The Bertz CT molecular complexity index is 933. The number of hydrogen-bond donors (Lipinski definition) is 2. The highest BCUT2D eigenvalue weighted by Crippen LogP contribution is 2.34. The monoisotopic (exact) mass is 357 g/mol.